The van der Waals surface area contributed by atoms with Gasteiger partial charge < -0.3 is 10.6 Å². The Morgan fingerprint density at radius 3 is 1.81 bits per heavy atom. The van der Waals surface area contributed by atoms with Gasteiger partial charge in [-0.3, -0.25) is 9.59 Å². The Labute approximate surface area is 183 Å². The van der Waals surface area contributed by atoms with Crippen LogP contribution in [0.15, 0.2) is 91.0 Å². The Hall–Kier alpha value is -3.40. The molecule has 158 valence electrons. The molecule has 0 aliphatic heterocycles. The van der Waals surface area contributed by atoms with E-state index in [1.165, 1.54) is 0 Å². The van der Waals surface area contributed by atoms with E-state index in [1.807, 2.05) is 91.0 Å². The van der Waals surface area contributed by atoms with Crippen molar-refractivity contribution >= 4 is 11.8 Å². The van der Waals surface area contributed by atoms with Gasteiger partial charge in [-0.05, 0) is 29.5 Å². The number of carbonyl (C=O) groups excluding carboxylic acids is 2. The number of rotatable bonds is 9. The van der Waals surface area contributed by atoms with Crippen LogP contribution < -0.4 is 10.6 Å². The van der Waals surface area contributed by atoms with Crippen molar-refractivity contribution in [3.8, 4) is 0 Å². The molecule has 1 atom stereocenters. The third-order valence-electron chi connectivity index (χ3n) is 5.65. The van der Waals surface area contributed by atoms with Crippen LogP contribution in [0.25, 0.3) is 0 Å². The minimum atomic E-state index is -0.581. The molecule has 0 spiro atoms. The summed E-state index contributed by atoms with van der Waals surface area (Å²) >= 11 is 0. The number of hydrogen-bond acceptors (Lipinski definition) is 2. The second-order valence-corrected chi connectivity index (χ2v) is 8.17. The number of nitrogens with one attached hydrogen (secondary N) is 2. The maximum atomic E-state index is 13.1. The van der Waals surface area contributed by atoms with Crippen molar-refractivity contribution in [2.75, 3.05) is 0 Å². The normalized spacial score (nSPS) is 14.1. The molecule has 1 saturated carbocycles. The van der Waals surface area contributed by atoms with Gasteiger partial charge >= 0.3 is 0 Å². The molecule has 0 aromatic heterocycles. The molecular formula is C27H28N2O2. The summed E-state index contributed by atoms with van der Waals surface area (Å²) in [5.74, 6) is -0.286. The Kier molecular flexibility index (Phi) is 6.78. The van der Waals surface area contributed by atoms with E-state index in [-0.39, 0.29) is 30.2 Å². The zero-order valence-corrected chi connectivity index (χ0v) is 17.5. The van der Waals surface area contributed by atoms with Crippen molar-refractivity contribution in [1.82, 2.24) is 10.6 Å². The minimum Gasteiger partial charge on any atom is -0.352 e. The molecule has 31 heavy (non-hydrogen) atoms. The van der Waals surface area contributed by atoms with Crippen molar-refractivity contribution in [2.45, 2.75) is 43.7 Å². The smallest absolute Gasteiger partial charge is 0.243 e. The van der Waals surface area contributed by atoms with Crippen molar-refractivity contribution in [3.05, 3.63) is 108 Å². The Bertz CT molecular complexity index is 946. The summed E-state index contributed by atoms with van der Waals surface area (Å²) in [6, 6.07) is 29.6. The van der Waals surface area contributed by atoms with Gasteiger partial charge in [0, 0.05) is 24.8 Å². The molecule has 2 N–H and O–H groups in total. The van der Waals surface area contributed by atoms with Gasteiger partial charge in [-0.2, -0.15) is 0 Å². The predicted octanol–water partition coefficient (Wildman–Crippen LogP) is 4.21. The summed E-state index contributed by atoms with van der Waals surface area (Å²) in [4.78, 5) is 25.9. The number of benzene rings is 3. The van der Waals surface area contributed by atoms with Gasteiger partial charge in [0.1, 0.15) is 6.04 Å². The standard InChI is InChI=1S/C27H28N2O2/c30-26(19-24(21-12-6-2-7-13-21)22-14-8-3-9-15-22)29-25(27(31)28-23-16-17-23)18-20-10-4-1-5-11-20/h1-15,23-25H,16-19H2,(H,28,31)(H,29,30). The SMILES string of the molecule is O=C(CC(c1ccccc1)c1ccccc1)NC(Cc1ccccc1)C(=O)NC1CC1. The van der Waals surface area contributed by atoms with Crippen LogP contribution in [0.1, 0.15) is 41.9 Å². The van der Waals surface area contributed by atoms with Gasteiger partial charge in [-0.1, -0.05) is 91.0 Å². The van der Waals surface area contributed by atoms with Crippen LogP contribution in [0.4, 0.5) is 0 Å². The Morgan fingerprint density at radius 1 is 0.774 bits per heavy atom. The van der Waals surface area contributed by atoms with Gasteiger partial charge in [0.25, 0.3) is 0 Å². The molecule has 0 saturated heterocycles. The van der Waals surface area contributed by atoms with Crippen LogP contribution in [0.3, 0.4) is 0 Å². The van der Waals surface area contributed by atoms with Crippen molar-refractivity contribution in [2.24, 2.45) is 0 Å². The molecule has 2 amide bonds. The summed E-state index contributed by atoms with van der Waals surface area (Å²) < 4.78 is 0. The summed E-state index contributed by atoms with van der Waals surface area (Å²) in [5, 5.41) is 6.06. The summed E-state index contributed by atoms with van der Waals surface area (Å²) in [6.45, 7) is 0. The molecular weight excluding hydrogens is 384 g/mol. The third kappa shape index (κ3) is 6.05. The first-order valence-corrected chi connectivity index (χ1v) is 10.9. The van der Waals surface area contributed by atoms with Crippen molar-refractivity contribution in [3.63, 3.8) is 0 Å². The van der Waals surface area contributed by atoms with E-state index in [1.54, 1.807) is 0 Å². The van der Waals surface area contributed by atoms with Crippen LogP contribution in [-0.2, 0) is 16.0 Å². The second kappa shape index (κ2) is 10.1. The van der Waals surface area contributed by atoms with E-state index in [2.05, 4.69) is 10.6 Å². The van der Waals surface area contributed by atoms with E-state index in [0.29, 0.717) is 6.42 Å². The van der Waals surface area contributed by atoms with Crippen LogP contribution in [0.5, 0.6) is 0 Å². The summed E-state index contributed by atoms with van der Waals surface area (Å²) in [7, 11) is 0. The lowest BCUT2D eigenvalue weighted by Crippen LogP contribution is -2.48. The van der Waals surface area contributed by atoms with Crippen molar-refractivity contribution in [1.29, 1.82) is 0 Å². The topological polar surface area (TPSA) is 58.2 Å². The predicted molar refractivity (Wildman–Crippen MR) is 123 cm³/mol. The highest BCUT2D eigenvalue weighted by atomic mass is 16.2. The molecule has 1 aliphatic rings. The number of carbonyl (C=O) groups is 2. The lowest BCUT2D eigenvalue weighted by atomic mass is 9.88. The fraction of sp³-hybridized carbons (Fsp3) is 0.259. The molecule has 0 radical (unpaired) electrons. The Morgan fingerprint density at radius 2 is 1.29 bits per heavy atom. The molecule has 1 fully saturated rings. The highest BCUT2D eigenvalue weighted by Gasteiger charge is 2.29. The number of hydrogen-bond donors (Lipinski definition) is 2. The number of amides is 2. The maximum Gasteiger partial charge on any atom is 0.243 e. The van der Waals surface area contributed by atoms with E-state index in [9.17, 15) is 9.59 Å². The lowest BCUT2D eigenvalue weighted by Gasteiger charge is -2.22. The van der Waals surface area contributed by atoms with E-state index in [4.69, 9.17) is 0 Å². The quantitative estimate of drug-likeness (QED) is 0.553. The van der Waals surface area contributed by atoms with Gasteiger partial charge in [-0.15, -0.1) is 0 Å². The fourth-order valence-corrected chi connectivity index (χ4v) is 3.83. The first-order valence-electron chi connectivity index (χ1n) is 10.9. The molecule has 0 heterocycles. The van der Waals surface area contributed by atoms with Gasteiger partial charge in [0.15, 0.2) is 0 Å². The van der Waals surface area contributed by atoms with Crippen molar-refractivity contribution < 1.29 is 9.59 Å². The largest absolute Gasteiger partial charge is 0.352 e. The van der Waals surface area contributed by atoms with Gasteiger partial charge in [-0.25, -0.2) is 0 Å². The van der Waals surface area contributed by atoms with Gasteiger partial charge in [0.2, 0.25) is 11.8 Å². The molecule has 3 aromatic rings. The molecule has 3 aromatic carbocycles. The monoisotopic (exact) mass is 412 g/mol. The van der Waals surface area contributed by atoms with Crippen LogP contribution >= 0.6 is 0 Å². The highest BCUT2D eigenvalue weighted by molar-refractivity contribution is 5.88. The zero-order valence-electron chi connectivity index (χ0n) is 17.5. The van der Waals surface area contributed by atoms with Crippen LogP contribution in [0.2, 0.25) is 0 Å². The molecule has 4 rings (SSSR count). The maximum absolute atomic E-state index is 13.1. The van der Waals surface area contributed by atoms with E-state index >= 15 is 0 Å². The second-order valence-electron chi connectivity index (χ2n) is 8.17. The summed E-state index contributed by atoms with van der Waals surface area (Å²) in [6.07, 6.45) is 2.80. The van der Waals surface area contributed by atoms with E-state index < -0.39 is 6.04 Å². The molecule has 0 bridgehead atoms. The molecule has 4 nitrogen and oxygen atoms in total. The fourth-order valence-electron chi connectivity index (χ4n) is 3.83. The average Bonchev–Trinajstić information content (AvgIpc) is 3.63. The highest BCUT2D eigenvalue weighted by Crippen LogP contribution is 2.28. The van der Waals surface area contributed by atoms with Crippen LogP contribution in [-0.4, -0.2) is 23.9 Å². The minimum absolute atomic E-state index is 0.0636. The van der Waals surface area contributed by atoms with E-state index in [0.717, 1.165) is 29.5 Å². The first kappa shape index (κ1) is 20.9. The average molecular weight is 413 g/mol. The molecule has 4 heteroatoms. The molecule has 1 unspecified atom stereocenters. The molecule has 1 aliphatic carbocycles. The Balaban J connectivity index is 1.50. The zero-order chi connectivity index (χ0) is 21.5. The van der Waals surface area contributed by atoms with Crippen LogP contribution in [0, 0.1) is 0 Å². The third-order valence-corrected chi connectivity index (χ3v) is 5.65. The van der Waals surface area contributed by atoms with Gasteiger partial charge in [0.05, 0.1) is 0 Å². The first-order chi connectivity index (χ1) is 15.2. The summed E-state index contributed by atoms with van der Waals surface area (Å²) in [5.41, 5.74) is 3.21. The lowest BCUT2D eigenvalue weighted by molar-refractivity contribution is -0.129.